The molecule has 0 saturated carbocycles. The number of carboxylic acids is 1. The van der Waals surface area contributed by atoms with E-state index in [-0.39, 0.29) is 6.61 Å². The molecule has 0 aliphatic carbocycles. The van der Waals surface area contributed by atoms with Gasteiger partial charge in [0, 0.05) is 7.11 Å². The third kappa shape index (κ3) is 1.86. The highest BCUT2D eigenvalue weighted by molar-refractivity contribution is 5.82. The molecule has 0 atom stereocenters. The predicted molar refractivity (Wildman–Crippen MR) is 67.4 cm³/mol. The van der Waals surface area contributed by atoms with E-state index < -0.39 is 11.5 Å². The molecule has 1 aromatic heterocycles. The minimum Gasteiger partial charge on any atom is -0.480 e. The van der Waals surface area contributed by atoms with Crippen molar-refractivity contribution >= 4 is 17.0 Å². The first kappa shape index (κ1) is 12.6. The Hall–Kier alpha value is -1.88. The highest BCUT2D eigenvalue weighted by Crippen LogP contribution is 2.26. The van der Waals surface area contributed by atoms with Crippen molar-refractivity contribution in [3.05, 3.63) is 30.1 Å². The van der Waals surface area contributed by atoms with Crippen LogP contribution in [-0.2, 0) is 21.7 Å². The van der Waals surface area contributed by atoms with Gasteiger partial charge in [-0.3, -0.25) is 0 Å². The van der Waals surface area contributed by atoms with Gasteiger partial charge in [0.25, 0.3) is 0 Å². The Balaban J connectivity index is 2.73. The van der Waals surface area contributed by atoms with E-state index in [0.717, 1.165) is 11.0 Å². The molecule has 5 heteroatoms. The van der Waals surface area contributed by atoms with E-state index in [9.17, 15) is 9.90 Å². The maximum Gasteiger partial charge on any atom is 0.329 e. The average Bonchev–Trinajstić information content (AvgIpc) is 2.67. The number of fused-ring (bicyclic) bond motifs is 1. The number of carboxylic acid groups (broad SMARTS) is 1. The second kappa shape index (κ2) is 4.42. The Kier molecular flexibility index (Phi) is 3.09. The first-order valence-corrected chi connectivity index (χ1v) is 5.67. The molecular weight excluding hydrogens is 232 g/mol. The highest BCUT2D eigenvalue weighted by Gasteiger charge is 2.33. The van der Waals surface area contributed by atoms with Gasteiger partial charge in [-0.05, 0) is 26.0 Å². The summed E-state index contributed by atoms with van der Waals surface area (Å²) in [6.07, 6.45) is 0. The van der Waals surface area contributed by atoms with E-state index in [1.54, 1.807) is 25.5 Å². The van der Waals surface area contributed by atoms with E-state index in [1.807, 2.05) is 24.3 Å². The number of para-hydroxylation sites is 2. The Labute approximate surface area is 105 Å². The number of ether oxygens (including phenoxy) is 1. The molecule has 1 N–H and O–H groups in total. The van der Waals surface area contributed by atoms with Gasteiger partial charge in [0.15, 0.2) is 0 Å². The van der Waals surface area contributed by atoms with E-state index >= 15 is 0 Å². The summed E-state index contributed by atoms with van der Waals surface area (Å²) >= 11 is 0. The van der Waals surface area contributed by atoms with Crippen molar-refractivity contribution in [2.75, 3.05) is 7.11 Å². The summed E-state index contributed by atoms with van der Waals surface area (Å²) in [4.78, 5) is 15.9. The summed E-state index contributed by atoms with van der Waals surface area (Å²) < 4.78 is 6.81. The van der Waals surface area contributed by atoms with Crippen LogP contribution in [0.25, 0.3) is 11.0 Å². The number of carbonyl (C=O) groups is 1. The van der Waals surface area contributed by atoms with Crippen molar-refractivity contribution in [2.45, 2.75) is 26.0 Å². The Morgan fingerprint density at radius 3 is 2.72 bits per heavy atom. The molecule has 0 aliphatic rings. The first-order valence-electron chi connectivity index (χ1n) is 5.67. The highest BCUT2D eigenvalue weighted by atomic mass is 16.5. The Bertz CT molecular complexity index is 587. The second-order valence-electron chi connectivity index (χ2n) is 4.65. The normalized spacial score (nSPS) is 11.9. The maximum atomic E-state index is 11.4. The Morgan fingerprint density at radius 2 is 2.11 bits per heavy atom. The number of hydrogen-bond acceptors (Lipinski definition) is 3. The third-order valence-corrected chi connectivity index (χ3v) is 2.99. The van der Waals surface area contributed by atoms with Crippen molar-refractivity contribution < 1.29 is 14.6 Å². The Morgan fingerprint density at radius 1 is 1.44 bits per heavy atom. The molecule has 2 aromatic rings. The van der Waals surface area contributed by atoms with Crippen LogP contribution in [-0.4, -0.2) is 27.7 Å². The number of methoxy groups -OCH3 is 1. The number of hydrogen-bond donors (Lipinski definition) is 1. The van der Waals surface area contributed by atoms with Gasteiger partial charge in [0.2, 0.25) is 0 Å². The van der Waals surface area contributed by atoms with Crippen LogP contribution in [0, 0.1) is 0 Å². The van der Waals surface area contributed by atoms with Crippen molar-refractivity contribution in [3.8, 4) is 0 Å². The van der Waals surface area contributed by atoms with Crippen molar-refractivity contribution in [3.63, 3.8) is 0 Å². The molecule has 18 heavy (non-hydrogen) atoms. The van der Waals surface area contributed by atoms with Crippen LogP contribution in [0.4, 0.5) is 0 Å². The summed E-state index contributed by atoms with van der Waals surface area (Å²) in [6.45, 7) is 3.59. The fraction of sp³-hybridized carbons (Fsp3) is 0.385. The molecule has 0 spiro atoms. The molecular formula is C13H16N2O3. The lowest BCUT2D eigenvalue weighted by molar-refractivity contribution is -0.145. The molecule has 1 aromatic carbocycles. The average molecular weight is 248 g/mol. The molecule has 5 nitrogen and oxygen atoms in total. The number of imidazole rings is 1. The smallest absolute Gasteiger partial charge is 0.329 e. The maximum absolute atomic E-state index is 11.4. The molecule has 0 unspecified atom stereocenters. The number of benzene rings is 1. The summed E-state index contributed by atoms with van der Waals surface area (Å²) in [7, 11) is 1.57. The van der Waals surface area contributed by atoms with Gasteiger partial charge in [0.05, 0.1) is 11.0 Å². The van der Waals surface area contributed by atoms with Gasteiger partial charge in [0.1, 0.15) is 18.0 Å². The number of nitrogens with zero attached hydrogens (tertiary/aromatic N) is 2. The van der Waals surface area contributed by atoms with Gasteiger partial charge in [-0.2, -0.15) is 0 Å². The zero-order valence-electron chi connectivity index (χ0n) is 10.7. The van der Waals surface area contributed by atoms with Gasteiger partial charge >= 0.3 is 5.97 Å². The monoisotopic (exact) mass is 248 g/mol. The quantitative estimate of drug-likeness (QED) is 0.898. The van der Waals surface area contributed by atoms with Crippen LogP contribution in [0.5, 0.6) is 0 Å². The topological polar surface area (TPSA) is 64.4 Å². The van der Waals surface area contributed by atoms with Crippen molar-refractivity contribution in [1.82, 2.24) is 9.55 Å². The van der Waals surface area contributed by atoms with Gasteiger partial charge < -0.3 is 14.4 Å². The molecule has 0 fully saturated rings. The lowest BCUT2D eigenvalue weighted by Gasteiger charge is -2.24. The molecule has 0 saturated heterocycles. The zero-order chi connectivity index (χ0) is 13.3. The van der Waals surface area contributed by atoms with Crippen LogP contribution in [0.15, 0.2) is 24.3 Å². The number of aromatic nitrogens is 2. The van der Waals surface area contributed by atoms with Crippen molar-refractivity contribution in [2.24, 2.45) is 0 Å². The summed E-state index contributed by atoms with van der Waals surface area (Å²) in [5.41, 5.74) is 0.514. The number of rotatable bonds is 4. The molecule has 0 amide bonds. The minimum absolute atomic E-state index is 0.283. The van der Waals surface area contributed by atoms with Crippen LogP contribution in [0.1, 0.15) is 19.7 Å². The van der Waals surface area contributed by atoms with Crippen LogP contribution < -0.4 is 0 Å². The lowest BCUT2D eigenvalue weighted by Crippen LogP contribution is -2.36. The zero-order valence-corrected chi connectivity index (χ0v) is 10.7. The largest absolute Gasteiger partial charge is 0.480 e. The lowest BCUT2D eigenvalue weighted by atomic mass is 10.1. The SMILES string of the molecule is COCc1nc2ccccc2n1C(C)(C)C(=O)O. The van der Waals surface area contributed by atoms with Crippen LogP contribution in [0.2, 0.25) is 0 Å². The summed E-state index contributed by atoms with van der Waals surface area (Å²) in [6, 6.07) is 7.48. The molecule has 1 heterocycles. The van der Waals surface area contributed by atoms with E-state index in [4.69, 9.17) is 4.74 Å². The fourth-order valence-electron chi connectivity index (χ4n) is 2.02. The van der Waals surface area contributed by atoms with Gasteiger partial charge in [-0.15, -0.1) is 0 Å². The minimum atomic E-state index is -1.07. The third-order valence-electron chi connectivity index (χ3n) is 2.99. The van der Waals surface area contributed by atoms with E-state index in [2.05, 4.69) is 4.98 Å². The van der Waals surface area contributed by atoms with Gasteiger partial charge in [-0.25, -0.2) is 9.78 Å². The second-order valence-corrected chi connectivity index (χ2v) is 4.65. The molecule has 0 radical (unpaired) electrons. The molecule has 0 aliphatic heterocycles. The van der Waals surface area contributed by atoms with Gasteiger partial charge in [-0.1, -0.05) is 12.1 Å². The molecule has 2 rings (SSSR count). The van der Waals surface area contributed by atoms with Crippen LogP contribution >= 0.6 is 0 Å². The molecule has 96 valence electrons. The summed E-state index contributed by atoms with van der Waals surface area (Å²) in [5, 5.41) is 9.38. The first-order chi connectivity index (χ1) is 8.48. The summed E-state index contributed by atoms with van der Waals surface area (Å²) in [5.74, 6) is -0.283. The van der Waals surface area contributed by atoms with E-state index in [0.29, 0.717) is 5.82 Å². The number of aliphatic carboxylic acids is 1. The van der Waals surface area contributed by atoms with Crippen LogP contribution in [0.3, 0.4) is 0 Å². The molecule has 0 bridgehead atoms. The van der Waals surface area contributed by atoms with E-state index in [1.165, 1.54) is 0 Å². The predicted octanol–water partition coefficient (Wildman–Crippen LogP) is 2.00. The standard InChI is InChI=1S/C13H16N2O3/c1-13(2,12(16)17)15-10-7-5-4-6-9(10)14-11(15)8-18-3/h4-7H,8H2,1-3H3,(H,16,17). The fourth-order valence-corrected chi connectivity index (χ4v) is 2.02. The van der Waals surface area contributed by atoms with Crippen molar-refractivity contribution in [1.29, 1.82) is 0 Å².